The summed E-state index contributed by atoms with van der Waals surface area (Å²) >= 11 is 0. The lowest BCUT2D eigenvalue weighted by Gasteiger charge is -2.52. The minimum atomic E-state index is -1.30. The Morgan fingerprint density at radius 3 is 2.14 bits per heavy atom. The smallest absolute Gasteiger partial charge is 0.333 e. The molecule has 0 radical (unpaired) electrons. The lowest BCUT2D eigenvalue weighted by Crippen LogP contribution is -2.62. The summed E-state index contributed by atoms with van der Waals surface area (Å²) in [4.78, 5) is 8.24. The Morgan fingerprint density at radius 1 is 0.625 bits per heavy atom. The van der Waals surface area contributed by atoms with Crippen molar-refractivity contribution in [3.63, 3.8) is 0 Å². The first-order chi connectivity index (χ1) is 27.0. The van der Waals surface area contributed by atoms with Gasteiger partial charge in [-0.1, -0.05) is 113 Å². The van der Waals surface area contributed by atoms with Crippen molar-refractivity contribution in [2.24, 2.45) is 0 Å². The molecule has 0 unspecified atom stereocenters. The summed E-state index contributed by atoms with van der Waals surface area (Å²) in [5.74, 6) is 0. The van der Waals surface area contributed by atoms with E-state index < -0.39 is 10.0 Å². The highest BCUT2D eigenvalue weighted by atomic mass is 32.3. The third-order valence-electron chi connectivity index (χ3n) is 14.1. The second kappa shape index (κ2) is 10.7. The summed E-state index contributed by atoms with van der Waals surface area (Å²) in [5, 5.41) is 4.89. The highest BCUT2D eigenvalue weighted by Gasteiger charge is 2.51. The number of anilines is 5. The quantitative estimate of drug-likeness (QED) is 0.156. The van der Waals surface area contributed by atoms with Crippen molar-refractivity contribution < 1.29 is 4.42 Å². The monoisotopic (exact) mass is 744 g/mol. The summed E-state index contributed by atoms with van der Waals surface area (Å²) < 4.78 is 7.10. The number of para-hydroxylation sites is 3. The molecule has 1 aromatic heterocycles. The van der Waals surface area contributed by atoms with Crippen molar-refractivity contribution >= 4 is 88.9 Å². The average Bonchev–Trinajstić information content (AvgIpc) is 3.58. The lowest BCUT2D eigenvalue weighted by molar-refractivity contribution is 0.332. The number of rotatable bonds is 1. The van der Waals surface area contributed by atoms with Gasteiger partial charge in [-0.05, 0) is 123 Å². The van der Waals surface area contributed by atoms with Gasteiger partial charge in [0.25, 0.3) is 0 Å². The van der Waals surface area contributed by atoms with Crippen LogP contribution in [0.5, 0.6) is 0 Å². The number of nitrogens with zero attached hydrogens (tertiary/aromatic N) is 2. The maximum absolute atomic E-state index is 7.10. The fourth-order valence-corrected chi connectivity index (χ4v) is 13.5. The van der Waals surface area contributed by atoms with E-state index in [-0.39, 0.29) is 17.7 Å². The van der Waals surface area contributed by atoms with E-state index in [1.54, 1.807) is 0 Å². The molecule has 0 bridgehead atoms. The van der Waals surface area contributed by atoms with Crippen LogP contribution in [0.3, 0.4) is 0 Å². The Morgan fingerprint density at radius 2 is 1.32 bits per heavy atom. The van der Waals surface area contributed by atoms with Crippen LogP contribution in [0.25, 0.3) is 43.8 Å². The molecule has 0 N–H and O–H groups in total. The van der Waals surface area contributed by atoms with Gasteiger partial charge in [-0.2, -0.15) is 10.0 Å². The van der Waals surface area contributed by atoms with Crippen molar-refractivity contribution in [3.05, 3.63) is 138 Å². The molecule has 0 spiro atoms. The SMILES string of the molecule is Cc1cc2c(cc1N1c3cc4ccccc4c4c3B(c3ccc5c(oc6ccccc65)c31)N1c3ccccc3S(C)(C)c3cccc-4c31)C(C)(C)CCC2(C)C. The fourth-order valence-electron chi connectivity index (χ4n) is 11.1. The van der Waals surface area contributed by atoms with Gasteiger partial charge in [0.05, 0.1) is 5.69 Å². The van der Waals surface area contributed by atoms with E-state index in [2.05, 4.69) is 178 Å². The van der Waals surface area contributed by atoms with E-state index in [0.717, 1.165) is 27.6 Å². The first-order valence-electron chi connectivity index (χ1n) is 20.2. The maximum atomic E-state index is 7.10. The number of hydrogen-bond acceptors (Lipinski definition) is 3. The Labute approximate surface area is 331 Å². The normalized spacial score (nSPS) is 18.3. The van der Waals surface area contributed by atoms with Crippen LogP contribution in [-0.4, -0.2) is 19.4 Å². The third kappa shape index (κ3) is 4.02. The van der Waals surface area contributed by atoms with E-state index >= 15 is 0 Å². The van der Waals surface area contributed by atoms with Crippen LogP contribution in [-0.2, 0) is 10.8 Å². The van der Waals surface area contributed by atoms with Crippen molar-refractivity contribution in [1.29, 1.82) is 0 Å². The molecule has 4 aliphatic rings. The fraction of sp³-hybridized carbons (Fsp3) is 0.216. The molecule has 0 atom stereocenters. The van der Waals surface area contributed by atoms with Gasteiger partial charge in [-0.25, -0.2) is 0 Å². The number of fused-ring (bicyclic) bond motifs is 13. The summed E-state index contributed by atoms with van der Waals surface area (Å²) in [6.07, 6.45) is 7.33. The maximum Gasteiger partial charge on any atom is 0.333 e. The average molecular weight is 745 g/mol. The standard InChI is InChI=1S/C51H45BN2OS/c1-30-27-36-37(51(4,5)26-25-50(36,2)3)29-40(30)53-41-28-31-15-8-9-16-32(31)45-35-18-14-22-44-47(35)54(39-19-11-13-21-43(39)56(44,6)7)52(46(41)45)38-24-23-34-33-17-10-12-20-42(33)55-49(34)48(38)53/h8-24,27-29H,25-26H2,1-7H3. The second-order valence-corrected chi connectivity index (χ2v) is 21.9. The zero-order valence-corrected chi connectivity index (χ0v) is 34.1. The van der Waals surface area contributed by atoms with E-state index in [1.165, 1.54) is 94.9 Å². The van der Waals surface area contributed by atoms with Crippen molar-refractivity contribution in [2.75, 3.05) is 22.2 Å². The molecule has 0 amide bonds. The topological polar surface area (TPSA) is 19.6 Å². The molecular formula is C51H45BN2OS. The first kappa shape index (κ1) is 32.8. The van der Waals surface area contributed by atoms with Gasteiger partial charge < -0.3 is 14.1 Å². The van der Waals surface area contributed by atoms with Crippen LogP contribution in [0.1, 0.15) is 57.2 Å². The Hall–Kier alpha value is -5.39. The molecule has 8 aromatic rings. The second-order valence-electron chi connectivity index (χ2n) is 18.4. The lowest BCUT2D eigenvalue weighted by atomic mass is 9.43. The molecular weight excluding hydrogens is 699 g/mol. The van der Waals surface area contributed by atoms with Gasteiger partial charge in [-0.15, -0.1) is 0 Å². The summed E-state index contributed by atoms with van der Waals surface area (Å²) in [6, 6.07) is 46.3. The number of benzene rings is 7. The van der Waals surface area contributed by atoms with Crippen molar-refractivity contribution in [2.45, 2.75) is 68.1 Å². The Kier molecular flexibility index (Phi) is 6.28. The number of hydrogen-bond donors (Lipinski definition) is 0. The van der Waals surface area contributed by atoms with Gasteiger partial charge in [-0.3, -0.25) is 0 Å². The van der Waals surface area contributed by atoms with Gasteiger partial charge in [0.15, 0.2) is 5.58 Å². The number of furan rings is 1. The van der Waals surface area contributed by atoms with Crippen LogP contribution in [0.2, 0.25) is 0 Å². The Bertz CT molecular complexity index is 3060. The van der Waals surface area contributed by atoms with E-state index in [1.807, 2.05) is 0 Å². The van der Waals surface area contributed by atoms with Gasteiger partial charge in [0.1, 0.15) is 5.58 Å². The molecule has 3 nitrogen and oxygen atoms in total. The van der Waals surface area contributed by atoms with Crippen LogP contribution in [0.15, 0.2) is 136 Å². The highest BCUT2D eigenvalue weighted by Crippen LogP contribution is 2.69. The van der Waals surface area contributed by atoms with Crippen LogP contribution in [0, 0.1) is 6.92 Å². The molecule has 0 fully saturated rings. The van der Waals surface area contributed by atoms with Crippen LogP contribution >= 0.6 is 10.0 Å². The minimum absolute atomic E-state index is 0.0601. The predicted molar refractivity (Wildman–Crippen MR) is 241 cm³/mol. The zero-order chi connectivity index (χ0) is 38.0. The third-order valence-corrected chi connectivity index (χ3v) is 16.9. The van der Waals surface area contributed by atoms with E-state index in [9.17, 15) is 0 Å². The summed E-state index contributed by atoms with van der Waals surface area (Å²) in [5.41, 5.74) is 18.0. The minimum Gasteiger partial charge on any atom is -0.454 e. The molecule has 7 aromatic carbocycles. The van der Waals surface area contributed by atoms with Crippen molar-refractivity contribution in [1.82, 2.24) is 0 Å². The van der Waals surface area contributed by atoms with Crippen LogP contribution < -0.4 is 20.6 Å². The molecule has 1 aliphatic carbocycles. The van der Waals surface area contributed by atoms with Gasteiger partial charge in [0.2, 0.25) is 0 Å². The Balaban J connectivity index is 1.28. The first-order valence-corrected chi connectivity index (χ1v) is 22.6. The zero-order valence-electron chi connectivity index (χ0n) is 33.2. The number of aryl methyl sites for hydroxylation is 1. The summed E-state index contributed by atoms with van der Waals surface area (Å²) in [6.45, 7) is 12.0. The molecule has 0 saturated heterocycles. The predicted octanol–water partition coefficient (Wildman–Crippen LogP) is 12.9. The largest absolute Gasteiger partial charge is 0.454 e. The molecule has 4 heterocycles. The van der Waals surface area contributed by atoms with Crippen molar-refractivity contribution in [3.8, 4) is 11.1 Å². The van der Waals surface area contributed by atoms with Crippen LogP contribution in [0.4, 0.5) is 28.4 Å². The molecule has 5 heteroatoms. The molecule has 0 saturated carbocycles. The molecule has 56 heavy (non-hydrogen) atoms. The molecule has 274 valence electrons. The van der Waals surface area contributed by atoms with E-state index in [4.69, 9.17) is 4.42 Å². The molecule has 12 rings (SSSR count). The van der Waals surface area contributed by atoms with E-state index in [0.29, 0.717) is 0 Å². The van der Waals surface area contributed by atoms with Gasteiger partial charge >= 0.3 is 6.85 Å². The van der Waals surface area contributed by atoms with Gasteiger partial charge in [0, 0.05) is 48.9 Å². The summed E-state index contributed by atoms with van der Waals surface area (Å²) in [7, 11) is -1.30. The highest BCUT2D eigenvalue weighted by molar-refractivity contribution is 8.33. The molecule has 3 aliphatic heterocycles.